The van der Waals surface area contributed by atoms with E-state index in [1.54, 1.807) is 24.3 Å². The number of benzene rings is 1. The molecule has 0 N–H and O–H groups in total. The summed E-state index contributed by atoms with van der Waals surface area (Å²) in [4.78, 5) is 22.9. The van der Waals surface area contributed by atoms with Crippen molar-refractivity contribution in [3.8, 4) is 5.75 Å². The highest BCUT2D eigenvalue weighted by Crippen LogP contribution is 2.60. The maximum Gasteiger partial charge on any atom is 0.205 e. The van der Waals surface area contributed by atoms with Crippen LogP contribution in [-0.2, 0) is 19.2 Å². The van der Waals surface area contributed by atoms with E-state index in [0.29, 0.717) is 23.1 Å². The molecule has 2 bridgehead atoms. The molecule has 1 aromatic rings. The van der Waals surface area contributed by atoms with Gasteiger partial charge in [0, 0.05) is 23.8 Å². The third-order valence-electron chi connectivity index (χ3n) is 7.37. The zero-order valence-corrected chi connectivity index (χ0v) is 16.6. The third-order valence-corrected chi connectivity index (χ3v) is 7.37. The summed E-state index contributed by atoms with van der Waals surface area (Å²) in [6.07, 6.45) is 3.87. The number of aldehydes is 1. The molecule has 4 saturated heterocycles. The number of rotatable bonds is 3. The molecule has 4 heterocycles. The number of hydrogen-bond acceptors (Lipinski definition) is 6. The molecule has 6 rings (SSSR count). The van der Waals surface area contributed by atoms with Crippen molar-refractivity contribution >= 4 is 6.29 Å². The van der Waals surface area contributed by atoms with Gasteiger partial charge in [-0.2, -0.15) is 0 Å². The summed E-state index contributed by atoms with van der Waals surface area (Å²) in [6.45, 7) is 6.39. The molecular formula is C22H28O6. The second kappa shape index (κ2) is 6.52. The Morgan fingerprint density at radius 3 is 2.61 bits per heavy atom. The van der Waals surface area contributed by atoms with E-state index in [0.717, 1.165) is 32.0 Å². The highest BCUT2D eigenvalue weighted by molar-refractivity contribution is 5.74. The fourth-order valence-electron chi connectivity index (χ4n) is 5.77. The summed E-state index contributed by atoms with van der Waals surface area (Å²) in [6, 6.07) is 7.10. The zero-order valence-electron chi connectivity index (χ0n) is 16.6. The van der Waals surface area contributed by atoms with Crippen molar-refractivity contribution in [2.24, 2.45) is 23.7 Å². The van der Waals surface area contributed by atoms with Crippen LogP contribution in [0.2, 0.25) is 0 Å². The van der Waals surface area contributed by atoms with E-state index in [4.69, 9.17) is 24.0 Å². The molecule has 1 spiro atoms. The Bertz CT molecular complexity index is 750. The van der Waals surface area contributed by atoms with Gasteiger partial charge in [0.15, 0.2) is 11.9 Å². The highest BCUT2D eigenvalue weighted by atomic mass is 17.3. The summed E-state index contributed by atoms with van der Waals surface area (Å²) in [7, 11) is 0. The number of ether oxygens (including phenoxy) is 3. The van der Waals surface area contributed by atoms with Gasteiger partial charge in [-0.05, 0) is 62.3 Å². The lowest BCUT2D eigenvalue weighted by molar-refractivity contribution is -0.575. The average molecular weight is 388 g/mol. The Labute approximate surface area is 165 Å². The van der Waals surface area contributed by atoms with Gasteiger partial charge in [0.25, 0.3) is 0 Å². The quantitative estimate of drug-likeness (QED) is 0.574. The van der Waals surface area contributed by atoms with Crippen molar-refractivity contribution < 1.29 is 28.8 Å². The lowest BCUT2D eigenvalue weighted by atomic mass is 9.58. The molecule has 0 aromatic heterocycles. The second-order valence-corrected chi connectivity index (χ2v) is 9.08. The topological polar surface area (TPSA) is 63.2 Å². The monoisotopic (exact) mass is 388 g/mol. The zero-order chi connectivity index (χ0) is 19.5. The maximum atomic E-state index is 10.9. The number of carbonyl (C=O) groups is 1. The van der Waals surface area contributed by atoms with Crippen molar-refractivity contribution in [1.82, 2.24) is 0 Å². The first-order valence-electron chi connectivity index (χ1n) is 10.4. The first-order chi connectivity index (χ1) is 13.4. The molecule has 1 saturated carbocycles. The molecule has 0 amide bonds. The molecule has 6 heteroatoms. The van der Waals surface area contributed by atoms with Crippen molar-refractivity contribution in [3.05, 3.63) is 29.8 Å². The van der Waals surface area contributed by atoms with E-state index in [-0.39, 0.29) is 11.8 Å². The van der Waals surface area contributed by atoms with Gasteiger partial charge in [-0.1, -0.05) is 13.8 Å². The number of hydrogen-bond donors (Lipinski definition) is 0. The summed E-state index contributed by atoms with van der Waals surface area (Å²) in [5.74, 6) is 1.13. The van der Waals surface area contributed by atoms with Gasteiger partial charge in [0.1, 0.15) is 12.0 Å². The van der Waals surface area contributed by atoms with Crippen LogP contribution < -0.4 is 4.74 Å². The third kappa shape index (κ3) is 2.65. The van der Waals surface area contributed by atoms with Gasteiger partial charge < -0.3 is 14.2 Å². The first kappa shape index (κ1) is 18.6. The standard InChI is InChI=1S/C22H28O6/c1-13-4-9-18-14(2)19(24-16-7-5-15(12-23)6-8-16)25-20-22(18)17(13)10-11-21(3,26-20)27-28-22/h5-8,12-14,17-20H,4,9-11H2,1-3H3/t13-,14-,17?,18?,19+,20-,21?,22-/m1/s1. The van der Waals surface area contributed by atoms with Gasteiger partial charge in [-0.15, -0.1) is 0 Å². The van der Waals surface area contributed by atoms with Crippen LogP contribution >= 0.6 is 0 Å². The summed E-state index contributed by atoms with van der Waals surface area (Å²) in [5, 5.41) is 0. The molecule has 6 nitrogen and oxygen atoms in total. The van der Waals surface area contributed by atoms with E-state index >= 15 is 0 Å². The summed E-state index contributed by atoms with van der Waals surface area (Å²) < 4.78 is 18.9. The molecule has 28 heavy (non-hydrogen) atoms. The SMILES string of the molecule is C[C@@H]1CCC2[C@@H](C)[C@@H](Oc3ccc(C=O)cc3)O[C@@H]3OC4(C)CCC1[C@@]23OO4. The van der Waals surface area contributed by atoms with Gasteiger partial charge in [0.2, 0.25) is 12.1 Å². The molecule has 3 unspecified atom stereocenters. The molecular weight excluding hydrogens is 360 g/mol. The van der Waals surface area contributed by atoms with Crippen LogP contribution in [0.3, 0.4) is 0 Å². The van der Waals surface area contributed by atoms with E-state index in [1.165, 1.54) is 0 Å². The molecule has 5 aliphatic rings. The largest absolute Gasteiger partial charge is 0.465 e. The molecule has 0 radical (unpaired) electrons. The lowest BCUT2D eigenvalue weighted by Gasteiger charge is -2.60. The van der Waals surface area contributed by atoms with Crippen molar-refractivity contribution in [3.63, 3.8) is 0 Å². The molecule has 8 atom stereocenters. The predicted molar refractivity (Wildman–Crippen MR) is 99.3 cm³/mol. The fraction of sp³-hybridized carbons (Fsp3) is 0.682. The molecule has 1 aliphatic carbocycles. The fourth-order valence-corrected chi connectivity index (χ4v) is 5.77. The normalized spacial score (nSPS) is 47.1. The van der Waals surface area contributed by atoms with Crippen LogP contribution in [0.5, 0.6) is 5.75 Å². The van der Waals surface area contributed by atoms with Crippen LogP contribution in [0.25, 0.3) is 0 Å². The van der Waals surface area contributed by atoms with E-state index in [9.17, 15) is 4.79 Å². The molecule has 1 aromatic carbocycles. The minimum absolute atomic E-state index is 0.117. The van der Waals surface area contributed by atoms with Crippen LogP contribution in [0.15, 0.2) is 24.3 Å². The van der Waals surface area contributed by atoms with Gasteiger partial charge in [-0.25, -0.2) is 9.78 Å². The van der Waals surface area contributed by atoms with Crippen LogP contribution in [-0.4, -0.2) is 30.3 Å². The van der Waals surface area contributed by atoms with Crippen LogP contribution in [0, 0.1) is 23.7 Å². The summed E-state index contributed by atoms with van der Waals surface area (Å²) in [5.41, 5.74) is 0.0461. The molecule has 5 fully saturated rings. The van der Waals surface area contributed by atoms with Crippen molar-refractivity contribution in [2.45, 2.75) is 70.4 Å². The van der Waals surface area contributed by atoms with Gasteiger partial charge in [0.05, 0.1) is 0 Å². The Hall–Kier alpha value is -1.47. The minimum Gasteiger partial charge on any atom is -0.465 e. The molecule has 152 valence electrons. The van der Waals surface area contributed by atoms with Gasteiger partial charge >= 0.3 is 0 Å². The maximum absolute atomic E-state index is 10.9. The Balaban J connectivity index is 1.46. The van der Waals surface area contributed by atoms with E-state index in [2.05, 4.69) is 13.8 Å². The number of fused-ring (bicyclic) bond motifs is 2. The Morgan fingerprint density at radius 1 is 1.07 bits per heavy atom. The van der Waals surface area contributed by atoms with Crippen molar-refractivity contribution in [2.75, 3.05) is 0 Å². The first-order valence-corrected chi connectivity index (χ1v) is 10.4. The van der Waals surface area contributed by atoms with E-state index in [1.807, 2.05) is 6.92 Å². The van der Waals surface area contributed by atoms with Crippen LogP contribution in [0.1, 0.15) is 56.8 Å². The van der Waals surface area contributed by atoms with E-state index < -0.39 is 24.0 Å². The average Bonchev–Trinajstić information content (AvgIpc) is 2.92. The number of carbonyl (C=O) groups excluding carboxylic acids is 1. The minimum atomic E-state index is -0.783. The predicted octanol–water partition coefficient (Wildman–Crippen LogP) is 4.09. The van der Waals surface area contributed by atoms with Gasteiger partial charge in [-0.3, -0.25) is 4.79 Å². The Kier molecular flexibility index (Phi) is 4.32. The smallest absolute Gasteiger partial charge is 0.205 e. The summed E-state index contributed by atoms with van der Waals surface area (Å²) >= 11 is 0. The second-order valence-electron chi connectivity index (χ2n) is 9.08. The Morgan fingerprint density at radius 2 is 1.86 bits per heavy atom. The molecule has 4 aliphatic heterocycles. The van der Waals surface area contributed by atoms with Crippen molar-refractivity contribution in [1.29, 1.82) is 0 Å². The lowest BCUT2D eigenvalue weighted by Crippen LogP contribution is -2.70. The highest BCUT2D eigenvalue weighted by Gasteiger charge is 2.69. The van der Waals surface area contributed by atoms with Crippen LogP contribution in [0.4, 0.5) is 0 Å².